The van der Waals surface area contributed by atoms with E-state index in [1.165, 1.54) is 16.7 Å². The molecule has 1 unspecified atom stereocenters. The van der Waals surface area contributed by atoms with E-state index in [-0.39, 0.29) is 0 Å². The number of nitrogens with zero attached hydrogens (tertiary/aromatic N) is 3. The van der Waals surface area contributed by atoms with Crippen LogP contribution in [0.15, 0.2) is 237 Å². The van der Waals surface area contributed by atoms with Crippen molar-refractivity contribution < 1.29 is 0 Å². The van der Waals surface area contributed by atoms with Crippen molar-refractivity contribution in [2.45, 2.75) is 19.3 Å². The Labute approximate surface area is 358 Å². The summed E-state index contributed by atoms with van der Waals surface area (Å²) in [6.45, 7) is 13.7. The zero-order valence-electron chi connectivity index (χ0n) is 34.5. The van der Waals surface area contributed by atoms with Crippen LogP contribution in [0.5, 0.6) is 0 Å². The molecule has 0 aliphatic heterocycles. The van der Waals surface area contributed by atoms with E-state index in [1.54, 1.807) is 0 Å². The van der Waals surface area contributed by atoms with Crippen LogP contribution in [0.3, 0.4) is 0 Å². The second kappa shape index (κ2) is 16.8. The minimum Gasteiger partial charge on any atom is -0.208 e. The second-order valence-corrected chi connectivity index (χ2v) is 15.2. The van der Waals surface area contributed by atoms with Gasteiger partial charge >= 0.3 is 0 Å². The first kappa shape index (κ1) is 38.8. The predicted octanol–water partition coefficient (Wildman–Crippen LogP) is 14.7. The van der Waals surface area contributed by atoms with Crippen molar-refractivity contribution in [2.75, 3.05) is 0 Å². The van der Waals surface area contributed by atoms with Gasteiger partial charge in [0.1, 0.15) is 0 Å². The monoisotopic (exact) mass is 783 g/mol. The molecular formula is C58H45N3. The van der Waals surface area contributed by atoms with Gasteiger partial charge in [-0.3, -0.25) is 0 Å². The van der Waals surface area contributed by atoms with E-state index in [0.29, 0.717) is 17.5 Å². The van der Waals surface area contributed by atoms with Crippen LogP contribution >= 0.6 is 0 Å². The SMILES string of the molecule is C=C(/C=C1\C(=C/C)c2ccccc2C1(C(=C)/C=C\C=C/C)c1ccccc1)c1cccc2c(-c3nc(-c4ccccc4)nc(-c4cccc(-c5ccccc5)c4)n3)cccc12. The molecule has 292 valence electrons. The van der Waals surface area contributed by atoms with E-state index in [0.717, 1.165) is 66.4 Å². The van der Waals surface area contributed by atoms with Gasteiger partial charge in [-0.2, -0.15) is 0 Å². The first-order valence-corrected chi connectivity index (χ1v) is 20.7. The Kier molecular flexibility index (Phi) is 10.7. The quantitative estimate of drug-likeness (QED) is 0.130. The Morgan fingerprint density at radius 1 is 0.508 bits per heavy atom. The maximum Gasteiger partial charge on any atom is 0.164 e. The van der Waals surface area contributed by atoms with E-state index in [1.807, 2.05) is 49.4 Å². The molecule has 1 heterocycles. The number of aromatic nitrogens is 3. The summed E-state index contributed by atoms with van der Waals surface area (Å²) in [6.07, 6.45) is 12.8. The molecule has 0 bridgehead atoms. The topological polar surface area (TPSA) is 38.7 Å². The van der Waals surface area contributed by atoms with Gasteiger partial charge in [-0.05, 0) is 92.4 Å². The average molecular weight is 784 g/mol. The Hall–Kier alpha value is -7.75. The Morgan fingerprint density at radius 2 is 1.08 bits per heavy atom. The van der Waals surface area contributed by atoms with E-state index in [9.17, 15) is 0 Å². The van der Waals surface area contributed by atoms with Gasteiger partial charge in [0.2, 0.25) is 0 Å². The Balaban J connectivity index is 1.21. The van der Waals surface area contributed by atoms with Crippen molar-refractivity contribution in [2.24, 2.45) is 0 Å². The third-order valence-corrected chi connectivity index (χ3v) is 11.6. The van der Waals surface area contributed by atoms with Gasteiger partial charge < -0.3 is 0 Å². The molecule has 1 atom stereocenters. The van der Waals surface area contributed by atoms with Crippen molar-refractivity contribution in [3.63, 3.8) is 0 Å². The fraction of sp³-hybridized carbons (Fsp3) is 0.0517. The lowest BCUT2D eigenvalue weighted by Gasteiger charge is -2.34. The molecule has 0 radical (unpaired) electrons. The number of hydrogen-bond donors (Lipinski definition) is 0. The summed E-state index contributed by atoms with van der Waals surface area (Å²) < 4.78 is 0. The summed E-state index contributed by atoms with van der Waals surface area (Å²) in [7, 11) is 0. The summed E-state index contributed by atoms with van der Waals surface area (Å²) in [5, 5.41) is 2.09. The lowest BCUT2D eigenvalue weighted by Crippen LogP contribution is -2.28. The minimum atomic E-state index is -0.649. The van der Waals surface area contributed by atoms with Crippen LogP contribution in [0.25, 0.3) is 67.2 Å². The number of allylic oxidation sites excluding steroid dienone is 10. The van der Waals surface area contributed by atoms with Gasteiger partial charge in [0.15, 0.2) is 17.5 Å². The zero-order valence-corrected chi connectivity index (χ0v) is 34.5. The first-order valence-electron chi connectivity index (χ1n) is 20.7. The molecule has 1 aliphatic carbocycles. The molecule has 7 aromatic carbocycles. The molecule has 61 heavy (non-hydrogen) atoms. The summed E-state index contributed by atoms with van der Waals surface area (Å²) in [6, 6.07) is 61.2. The standard InChI is InChI=1S/C58H45N3/c1-5-7-11-23-41(4)58(46-30-16-10-17-31-46)53-37-19-18-32-51(53)47(6-2)54(58)38-40(3)48-33-21-35-50-49(48)34-22-36-52(50)57-60-55(43-26-14-9-15-27-43)59-56(61-57)45-29-20-28-44(39-45)42-24-12-8-13-25-42/h5-39H,3-4H2,1-2H3/b7-5-,23-11-,47-6-,54-38+. The third kappa shape index (κ3) is 7.11. The van der Waals surface area contributed by atoms with Crippen molar-refractivity contribution in [3.05, 3.63) is 259 Å². The molecule has 0 saturated heterocycles. The number of benzene rings is 7. The number of rotatable bonds is 10. The van der Waals surface area contributed by atoms with Crippen molar-refractivity contribution in [3.8, 4) is 45.3 Å². The fourth-order valence-corrected chi connectivity index (χ4v) is 8.82. The van der Waals surface area contributed by atoms with Crippen LogP contribution in [0.4, 0.5) is 0 Å². The minimum absolute atomic E-state index is 0.607. The summed E-state index contributed by atoms with van der Waals surface area (Å²) in [5.74, 6) is 1.84. The van der Waals surface area contributed by atoms with Crippen molar-refractivity contribution in [1.82, 2.24) is 15.0 Å². The first-order chi connectivity index (χ1) is 30.0. The number of hydrogen-bond acceptors (Lipinski definition) is 3. The smallest absolute Gasteiger partial charge is 0.164 e. The van der Waals surface area contributed by atoms with Crippen LogP contribution in [-0.4, -0.2) is 15.0 Å². The number of fused-ring (bicyclic) bond motifs is 2. The van der Waals surface area contributed by atoms with Gasteiger partial charge in [0.05, 0.1) is 5.41 Å². The summed E-state index contributed by atoms with van der Waals surface area (Å²) in [5.41, 5.74) is 13.1. The molecule has 0 fully saturated rings. The molecule has 0 spiro atoms. The van der Waals surface area contributed by atoms with Crippen LogP contribution in [0.1, 0.15) is 36.1 Å². The maximum atomic E-state index is 5.20. The predicted molar refractivity (Wildman–Crippen MR) is 257 cm³/mol. The normalized spacial score (nSPS) is 16.2. The molecule has 3 nitrogen and oxygen atoms in total. The van der Waals surface area contributed by atoms with Crippen LogP contribution in [0, 0.1) is 0 Å². The Bertz CT molecular complexity index is 3060. The fourth-order valence-electron chi connectivity index (χ4n) is 8.82. The maximum absolute atomic E-state index is 5.20. The third-order valence-electron chi connectivity index (χ3n) is 11.6. The largest absolute Gasteiger partial charge is 0.208 e. The van der Waals surface area contributed by atoms with Gasteiger partial charge in [-0.1, -0.05) is 213 Å². The molecule has 1 aliphatic rings. The van der Waals surface area contributed by atoms with Crippen molar-refractivity contribution in [1.29, 1.82) is 0 Å². The molecule has 0 saturated carbocycles. The van der Waals surface area contributed by atoms with E-state index >= 15 is 0 Å². The highest BCUT2D eigenvalue weighted by Gasteiger charge is 2.48. The highest BCUT2D eigenvalue weighted by molar-refractivity contribution is 6.04. The molecule has 3 heteroatoms. The lowest BCUT2D eigenvalue weighted by molar-refractivity contribution is 0.771. The van der Waals surface area contributed by atoms with Crippen molar-refractivity contribution >= 4 is 21.9 Å². The molecule has 1 aromatic heterocycles. The van der Waals surface area contributed by atoms with Crippen LogP contribution in [0.2, 0.25) is 0 Å². The van der Waals surface area contributed by atoms with E-state index in [4.69, 9.17) is 28.1 Å². The van der Waals surface area contributed by atoms with Crippen LogP contribution in [-0.2, 0) is 5.41 Å². The van der Waals surface area contributed by atoms with E-state index < -0.39 is 5.41 Å². The Morgan fingerprint density at radius 3 is 1.82 bits per heavy atom. The van der Waals surface area contributed by atoms with Gasteiger partial charge in [-0.25, -0.2) is 15.0 Å². The lowest BCUT2D eigenvalue weighted by atomic mass is 9.67. The summed E-state index contributed by atoms with van der Waals surface area (Å²) in [4.78, 5) is 15.4. The molecule has 9 rings (SSSR count). The molecular weight excluding hydrogens is 739 g/mol. The van der Waals surface area contributed by atoms with E-state index in [2.05, 4.69) is 177 Å². The summed E-state index contributed by atoms with van der Waals surface area (Å²) >= 11 is 0. The van der Waals surface area contributed by atoms with Gasteiger partial charge in [0.25, 0.3) is 0 Å². The average Bonchev–Trinajstić information content (AvgIpc) is 3.61. The van der Waals surface area contributed by atoms with Crippen LogP contribution < -0.4 is 0 Å². The highest BCUT2D eigenvalue weighted by atomic mass is 15.0. The highest BCUT2D eigenvalue weighted by Crippen LogP contribution is 2.58. The second-order valence-electron chi connectivity index (χ2n) is 15.2. The zero-order chi connectivity index (χ0) is 41.8. The van der Waals surface area contributed by atoms with Gasteiger partial charge in [-0.15, -0.1) is 0 Å². The molecule has 8 aromatic rings. The van der Waals surface area contributed by atoms with Gasteiger partial charge in [0, 0.05) is 16.7 Å². The molecule has 0 N–H and O–H groups in total. The molecule has 0 amide bonds.